The summed E-state index contributed by atoms with van der Waals surface area (Å²) in [5.41, 5.74) is 1.99. The minimum atomic E-state index is -0.372. The molecule has 1 aliphatic rings. The zero-order chi connectivity index (χ0) is 21.9. The molecule has 0 radical (unpaired) electrons. The molecule has 1 saturated heterocycles. The van der Waals surface area contributed by atoms with Gasteiger partial charge in [0.1, 0.15) is 5.82 Å². The number of nitrogens with one attached hydrogen (secondary N) is 1. The summed E-state index contributed by atoms with van der Waals surface area (Å²) in [5, 5.41) is 3.89. The van der Waals surface area contributed by atoms with Crippen molar-refractivity contribution in [3.8, 4) is 11.3 Å². The summed E-state index contributed by atoms with van der Waals surface area (Å²) < 4.78 is 25.9. The van der Waals surface area contributed by atoms with Gasteiger partial charge in [-0.05, 0) is 30.3 Å². The van der Waals surface area contributed by atoms with Crippen molar-refractivity contribution >= 4 is 38.3 Å². The van der Waals surface area contributed by atoms with Crippen LogP contribution in [-0.4, -0.2) is 42.2 Å². The SMILES string of the molecule is O=C(CCc1ncc(-c2ccccc2F)o1)Nc1ccc2nc(N3CCOCC3)sc2c1. The van der Waals surface area contributed by atoms with Crippen LogP contribution in [0.2, 0.25) is 0 Å². The number of carbonyl (C=O) groups is 1. The summed E-state index contributed by atoms with van der Waals surface area (Å²) in [7, 11) is 0. The summed E-state index contributed by atoms with van der Waals surface area (Å²) in [6.45, 7) is 3.10. The van der Waals surface area contributed by atoms with Crippen LogP contribution < -0.4 is 10.2 Å². The van der Waals surface area contributed by atoms with Gasteiger partial charge in [0, 0.05) is 31.6 Å². The van der Waals surface area contributed by atoms with Gasteiger partial charge in [-0.1, -0.05) is 23.5 Å². The summed E-state index contributed by atoms with van der Waals surface area (Å²) in [4.78, 5) is 23.5. The van der Waals surface area contributed by atoms with Crippen LogP contribution in [-0.2, 0) is 16.0 Å². The van der Waals surface area contributed by atoms with Gasteiger partial charge in [0.2, 0.25) is 5.91 Å². The predicted octanol–water partition coefficient (Wildman–Crippen LogP) is 4.50. The van der Waals surface area contributed by atoms with Crippen molar-refractivity contribution in [3.05, 3.63) is 60.4 Å². The molecule has 0 saturated carbocycles. The lowest BCUT2D eigenvalue weighted by Crippen LogP contribution is -2.36. The second kappa shape index (κ2) is 9.05. The third-order valence-corrected chi connectivity index (χ3v) is 6.28. The van der Waals surface area contributed by atoms with Gasteiger partial charge >= 0.3 is 0 Å². The molecule has 0 aliphatic carbocycles. The van der Waals surface area contributed by atoms with Crippen LogP contribution in [0.4, 0.5) is 15.2 Å². The van der Waals surface area contributed by atoms with Crippen LogP contribution in [0.5, 0.6) is 0 Å². The number of rotatable bonds is 6. The monoisotopic (exact) mass is 452 g/mol. The highest BCUT2D eigenvalue weighted by molar-refractivity contribution is 7.22. The Labute approximate surface area is 187 Å². The van der Waals surface area contributed by atoms with Crippen molar-refractivity contribution in [3.63, 3.8) is 0 Å². The molecule has 2 aromatic heterocycles. The van der Waals surface area contributed by atoms with Crippen LogP contribution in [0.15, 0.2) is 53.1 Å². The van der Waals surface area contributed by atoms with Gasteiger partial charge in [-0.15, -0.1) is 0 Å². The first-order valence-corrected chi connectivity index (χ1v) is 11.2. The standard InChI is InChI=1S/C23H21FN4O3S/c24-17-4-2-1-3-16(17)19-14-25-22(31-19)8-7-21(29)26-15-5-6-18-20(13-15)32-23(27-18)28-9-11-30-12-10-28/h1-6,13-14H,7-12H2,(H,26,29). The fourth-order valence-corrected chi connectivity index (χ4v) is 4.59. The number of benzene rings is 2. The number of hydrogen-bond acceptors (Lipinski definition) is 7. The molecule has 0 unspecified atom stereocenters. The van der Waals surface area contributed by atoms with Crippen LogP contribution in [0, 0.1) is 5.82 Å². The van der Waals surface area contributed by atoms with E-state index in [1.165, 1.54) is 12.3 Å². The van der Waals surface area contributed by atoms with Gasteiger partial charge in [0.15, 0.2) is 16.8 Å². The van der Waals surface area contributed by atoms with E-state index in [0.29, 0.717) is 36.8 Å². The van der Waals surface area contributed by atoms with E-state index in [2.05, 4.69) is 15.2 Å². The number of carbonyl (C=O) groups excluding carboxylic acids is 1. The number of halogens is 1. The molecule has 2 aromatic carbocycles. The maximum absolute atomic E-state index is 13.9. The number of anilines is 2. The van der Waals surface area contributed by atoms with Gasteiger partial charge in [-0.3, -0.25) is 4.79 Å². The number of fused-ring (bicyclic) bond motifs is 1. The molecule has 1 amide bonds. The number of ether oxygens (including phenoxy) is 1. The molecule has 32 heavy (non-hydrogen) atoms. The number of morpholine rings is 1. The largest absolute Gasteiger partial charge is 0.441 e. The maximum atomic E-state index is 13.9. The summed E-state index contributed by atoms with van der Waals surface area (Å²) in [5.74, 6) is 0.229. The van der Waals surface area contributed by atoms with E-state index in [0.717, 1.165) is 34.1 Å². The molecule has 9 heteroatoms. The molecule has 164 valence electrons. The maximum Gasteiger partial charge on any atom is 0.224 e. The number of aromatic nitrogens is 2. The minimum Gasteiger partial charge on any atom is -0.441 e. The van der Waals surface area contributed by atoms with Crippen molar-refractivity contribution < 1.29 is 18.3 Å². The molecule has 7 nitrogen and oxygen atoms in total. The molecule has 3 heterocycles. The number of hydrogen-bond donors (Lipinski definition) is 1. The van der Waals surface area contributed by atoms with Crippen molar-refractivity contribution in [2.45, 2.75) is 12.8 Å². The highest BCUT2D eigenvalue weighted by atomic mass is 32.1. The first kappa shape index (κ1) is 20.6. The fraction of sp³-hybridized carbons (Fsp3) is 0.261. The van der Waals surface area contributed by atoms with E-state index >= 15 is 0 Å². The van der Waals surface area contributed by atoms with Crippen molar-refractivity contribution in [2.24, 2.45) is 0 Å². The average molecular weight is 453 g/mol. The summed E-state index contributed by atoms with van der Waals surface area (Å²) >= 11 is 1.61. The number of thiazole rings is 1. The van der Waals surface area contributed by atoms with Crippen LogP contribution in [0.3, 0.4) is 0 Å². The Kier molecular flexibility index (Phi) is 5.83. The summed E-state index contributed by atoms with van der Waals surface area (Å²) in [6, 6.07) is 12.1. The van der Waals surface area contributed by atoms with Crippen LogP contribution in [0.25, 0.3) is 21.5 Å². The Balaban J connectivity index is 1.20. The minimum absolute atomic E-state index is 0.145. The zero-order valence-corrected chi connectivity index (χ0v) is 18.0. The van der Waals surface area contributed by atoms with Gasteiger partial charge in [-0.25, -0.2) is 14.4 Å². The van der Waals surface area contributed by atoms with Gasteiger partial charge < -0.3 is 19.4 Å². The third-order valence-electron chi connectivity index (χ3n) is 5.20. The molecule has 0 atom stereocenters. The fourth-order valence-electron chi connectivity index (χ4n) is 3.54. The lowest BCUT2D eigenvalue weighted by Gasteiger charge is -2.25. The number of amides is 1. The lowest BCUT2D eigenvalue weighted by molar-refractivity contribution is -0.116. The van der Waals surface area contributed by atoms with Gasteiger partial charge in [0.05, 0.1) is 35.2 Å². The first-order valence-electron chi connectivity index (χ1n) is 10.4. The number of nitrogens with zero attached hydrogens (tertiary/aromatic N) is 3. The van der Waals surface area contributed by atoms with E-state index in [1.54, 1.807) is 29.5 Å². The lowest BCUT2D eigenvalue weighted by atomic mass is 10.2. The number of aryl methyl sites for hydroxylation is 1. The molecular weight excluding hydrogens is 431 g/mol. The molecule has 0 bridgehead atoms. The predicted molar refractivity (Wildman–Crippen MR) is 121 cm³/mol. The van der Waals surface area contributed by atoms with E-state index in [9.17, 15) is 9.18 Å². The molecule has 1 fully saturated rings. The second-order valence-electron chi connectivity index (χ2n) is 7.42. The third kappa shape index (κ3) is 4.49. The van der Waals surface area contributed by atoms with Crippen molar-refractivity contribution in [1.29, 1.82) is 0 Å². The Morgan fingerprint density at radius 2 is 2.03 bits per heavy atom. The van der Waals surface area contributed by atoms with Crippen molar-refractivity contribution in [2.75, 3.05) is 36.5 Å². The quantitative estimate of drug-likeness (QED) is 0.464. The molecule has 1 N–H and O–H groups in total. The highest BCUT2D eigenvalue weighted by Crippen LogP contribution is 2.31. The molecular formula is C23H21FN4O3S. The Morgan fingerprint density at radius 1 is 1.19 bits per heavy atom. The Bertz CT molecular complexity index is 1250. The van der Waals surface area contributed by atoms with Crippen LogP contribution >= 0.6 is 11.3 Å². The molecule has 0 spiro atoms. The highest BCUT2D eigenvalue weighted by Gasteiger charge is 2.16. The normalized spacial score (nSPS) is 14.1. The van der Waals surface area contributed by atoms with Gasteiger partial charge in [-0.2, -0.15) is 0 Å². The number of oxazole rings is 1. The van der Waals surface area contributed by atoms with E-state index < -0.39 is 0 Å². The molecule has 5 rings (SSSR count). The first-order chi connectivity index (χ1) is 15.7. The van der Waals surface area contributed by atoms with E-state index in [-0.39, 0.29) is 18.1 Å². The van der Waals surface area contributed by atoms with Crippen LogP contribution in [0.1, 0.15) is 12.3 Å². The van der Waals surface area contributed by atoms with E-state index in [4.69, 9.17) is 14.1 Å². The molecule has 1 aliphatic heterocycles. The summed E-state index contributed by atoms with van der Waals surface area (Å²) in [6.07, 6.45) is 2.01. The second-order valence-corrected chi connectivity index (χ2v) is 8.43. The Hall–Kier alpha value is -3.30. The zero-order valence-electron chi connectivity index (χ0n) is 17.2. The van der Waals surface area contributed by atoms with E-state index in [1.807, 2.05) is 18.2 Å². The van der Waals surface area contributed by atoms with Crippen molar-refractivity contribution in [1.82, 2.24) is 9.97 Å². The Morgan fingerprint density at radius 3 is 2.88 bits per heavy atom. The average Bonchev–Trinajstić information content (AvgIpc) is 3.45. The molecule has 4 aromatic rings. The smallest absolute Gasteiger partial charge is 0.224 e. The topological polar surface area (TPSA) is 80.5 Å². The van der Waals surface area contributed by atoms with Gasteiger partial charge in [0.25, 0.3) is 0 Å².